The Morgan fingerprint density at radius 1 is 1.00 bits per heavy atom. The minimum absolute atomic E-state index is 0.0192. The number of phenols is 2. The summed E-state index contributed by atoms with van der Waals surface area (Å²) < 4.78 is 17.3. The molecule has 0 amide bonds. The van der Waals surface area contributed by atoms with E-state index in [2.05, 4.69) is 0 Å². The van der Waals surface area contributed by atoms with E-state index >= 15 is 0 Å². The standard InChI is InChI=1S/C23H26O10/c1-9-7-12(26)15-17(28)23(31-2)20(10-3-5-11(25)6-4-10)33-21(15)14(9)22-19(30)18(29)16(27)13(8-24)32-22/h3-7,13,16,18-20,22-27,29-30H,8H2,1-2H3. The van der Waals surface area contributed by atoms with Gasteiger partial charge in [-0.1, -0.05) is 12.1 Å². The fourth-order valence-electron chi connectivity index (χ4n) is 4.45. The molecule has 7 atom stereocenters. The number of aromatic hydroxyl groups is 2. The van der Waals surface area contributed by atoms with E-state index in [4.69, 9.17) is 14.2 Å². The first-order chi connectivity index (χ1) is 15.7. The smallest absolute Gasteiger partial charge is 0.203 e. The summed E-state index contributed by atoms with van der Waals surface area (Å²) in [7, 11) is 1.33. The zero-order chi connectivity index (χ0) is 24.0. The van der Waals surface area contributed by atoms with Crippen molar-refractivity contribution in [1.82, 2.24) is 0 Å². The topological polar surface area (TPSA) is 166 Å². The van der Waals surface area contributed by atoms with Gasteiger partial charge in [-0.05, 0) is 36.2 Å². The molecule has 2 aliphatic rings. The highest BCUT2D eigenvalue weighted by Crippen LogP contribution is 2.48. The van der Waals surface area contributed by atoms with Crippen molar-refractivity contribution in [3.05, 3.63) is 52.6 Å². The van der Waals surface area contributed by atoms with Crippen LogP contribution in [0, 0.1) is 6.92 Å². The molecule has 1 fully saturated rings. The fourth-order valence-corrected chi connectivity index (χ4v) is 4.45. The molecule has 0 bridgehead atoms. The molecule has 178 valence electrons. The van der Waals surface area contributed by atoms with Crippen LogP contribution in [0.4, 0.5) is 0 Å². The van der Waals surface area contributed by atoms with Gasteiger partial charge in [-0.15, -0.1) is 0 Å². The first kappa shape index (κ1) is 23.4. The van der Waals surface area contributed by atoms with Gasteiger partial charge in [0.15, 0.2) is 12.2 Å². The number of rotatable bonds is 4. The molecule has 2 heterocycles. The Balaban J connectivity index is 1.87. The summed E-state index contributed by atoms with van der Waals surface area (Å²) in [6.45, 7) is 0.977. The molecule has 6 N–H and O–H groups in total. The van der Waals surface area contributed by atoms with Crippen molar-refractivity contribution in [2.75, 3.05) is 13.7 Å². The first-order valence-corrected chi connectivity index (χ1v) is 10.4. The highest BCUT2D eigenvalue weighted by molar-refractivity contribution is 6.06. The van der Waals surface area contributed by atoms with E-state index in [0.717, 1.165) is 0 Å². The number of benzene rings is 2. The van der Waals surface area contributed by atoms with Gasteiger partial charge in [0.2, 0.25) is 5.78 Å². The monoisotopic (exact) mass is 462 g/mol. The second-order valence-corrected chi connectivity index (χ2v) is 8.23. The van der Waals surface area contributed by atoms with Crippen LogP contribution in [0.1, 0.15) is 39.3 Å². The van der Waals surface area contributed by atoms with Gasteiger partial charge in [0.25, 0.3) is 0 Å². The summed E-state index contributed by atoms with van der Waals surface area (Å²) in [6.07, 6.45) is -9.32. The molecule has 0 saturated carbocycles. The third-order valence-electron chi connectivity index (χ3n) is 6.18. The number of Topliss-reactive ketones (excluding diaryl/α,β-unsaturated/α-hetero) is 1. The largest absolute Gasteiger partial charge is 0.508 e. The van der Waals surface area contributed by atoms with Gasteiger partial charge < -0.3 is 44.8 Å². The quantitative estimate of drug-likeness (QED) is 0.371. The van der Waals surface area contributed by atoms with Crippen LogP contribution < -0.4 is 4.74 Å². The van der Waals surface area contributed by atoms with Gasteiger partial charge in [-0.25, -0.2) is 0 Å². The van der Waals surface area contributed by atoms with E-state index in [1.165, 1.54) is 25.3 Å². The van der Waals surface area contributed by atoms with Crippen LogP contribution in [0.15, 0.2) is 30.3 Å². The molecule has 0 aromatic heterocycles. The summed E-state index contributed by atoms with van der Waals surface area (Å²) >= 11 is 0. The number of aryl methyl sites for hydroxylation is 1. The van der Waals surface area contributed by atoms with Crippen molar-refractivity contribution in [3.8, 4) is 17.2 Å². The zero-order valence-electron chi connectivity index (χ0n) is 18.0. The minimum Gasteiger partial charge on any atom is -0.508 e. The summed E-state index contributed by atoms with van der Waals surface area (Å²) in [5, 5.41) is 60.8. The lowest BCUT2D eigenvalue weighted by Gasteiger charge is -2.42. The Morgan fingerprint density at radius 2 is 1.67 bits per heavy atom. The predicted molar refractivity (Wildman–Crippen MR) is 112 cm³/mol. The SMILES string of the molecule is COC1C(=O)c2c(O)cc(C)c(C3OC(CO)C(O)C(O)C3O)c2OC1c1ccc(O)cc1. The van der Waals surface area contributed by atoms with Gasteiger partial charge in [0.1, 0.15) is 53.3 Å². The lowest BCUT2D eigenvalue weighted by Crippen LogP contribution is -2.55. The molecule has 7 unspecified atom stereocenters. The number of aliphatic hydroxyl groups excluding tert-OH is 4. The number of hydrogen-bond acceptors (Lipinski definition) is 10. The van der Waals surface area contributed by atoms with Gasteiger partial charge in [0, 0.05) is 12.7 Å². The van der Waals surface area contributed by atoms with Crippen LogP contribution in [-0.2, 0) is 9.47 Å². The summed E-state index contributed by atoms with van der Waals surface area (Å²) in [6, 6.07) is 7.29. The van der Waals surface area contributed by atoms with Gasteiger partial charge in [-0.3, -0.25) is 4.79 Å². The van der Waals surface area contributed by atoms with Crippen molar-refractivity contribution >= 4 is 5.78 Å². The number of ether oxygens (including phenoxy) is 3. The van der Waals surface area contributed by atoms with Gasteiger partial charge >= 0.3 is 0 Å². The molecular formula is C23H26O10. The van der Waals surface area contributed by atoms with E-state index in [0.29, 0.717) is 11.1 Å². The number of fused-ring (bicyclic) bond motifs is 1. The van der Waals surface area contributed by atoms with Crippen molar-refractivity contribution < 1.29 is 49.6 Å². The maximum absolute atomic E-state index is 13.3. The number of carbonyl (C=O) groups excluding carboxylic acids is 1. The second kappa shape index (κ2) is 8.90. The van der Waals surface area contributed by atoms with Gasteiger partial charge in [-0.2, -0.15) is 0 Å². The Labute approximate surface area is 189 Å². The predicted octanol–water partition coefficient (Wildman–Crippen LogP) is 0.253. The van der Waals surface area contributed by atoms with Crippen LogP contribution in [0.5, 0.6) is 17.2 Å². The molecule has 0 spiro atoms. The molecule has 33 heavy (non-hydrogen) atoms. The Hall–Kier alpha value is -2.73. The van der Waals surface area contributed by atoms with E-state index in [-0.39, 0.29) is 28.4 Å². The Morgan fingerprint density at radius 3 is 2.27 bits per heavy atom. The van der Waals surface area contributed by atoms with E-state index in [1.807, 2.05) is 0 Å². The lowest BCUT2D eigenvalue weighted by molar-refractivity contribution is -0.232. The third kappa shape index (κ3) is 3.84. The molecular weight excluding hydrogens is 436 g/mol. The Kier molecular flexibility index (Phi) is 6.32. The fraction of sp³-hybridized carbons (Fsp3) is 0.435. The zero-order valence-corrected chi connectivity index (χ0v) is 18.0. The normalized spacial score (nSPS) is 31.7. The molecule has 1 saturated heterocycles. The molecule has 2 aromatic rings. The number of carbonyl (C=O) groups is 1. The molecule has 2 aliphatic heterocycles. The minimum atomic E-state index is -1.64. The average Bonchev–Trinajstić information content (AvgIpc) is 2.78. The van der Waals surface area contributed by atoms with Crippen LogP contribution >= 0.6 is 0 Å². The van der Waals surface area contributed by atoms with Crippen molar-refractivity contribution in [2.45, 2.75) is 49.7 Å². The molecule has 4 rings (SSSR count). The van der Waals surface area contributed by atoms with Crippen LogP contribution in [0.25, 0.3) is 0 Å². The molecule has 0 radical (unpaired) electrons. The van der Waals surface area contributed by atoms with E-state index in [1.54, 1.807) is 19.1 Å². The van der Waals surface area contributed by atoms with Crippen LogP contribution in [0.2, 0.25) is 0 Å². The Bertz CT molecular complexity index is 1030. The molecule has 10 nitrogen and oxygen atoms in total. The summed E-state index contributed by atoms with van der Waals surface area (Å²) in [4.78, 5) is 13.3. The maximum Gasteiger partial charge on any atom is 0.203 e. The number of hydrogen-bond donors (Lipinski definition) is 6. The highest BCUT2D eigenvalue weighted by atomic mass is 16.6. The van der Waals surface area contributed by atoms with E-state index < -0.39 is 55.1 Å². The molecule has 2 aromatic carbocycles. The number of phenolic OH excluding ortho intramolecular Hbond substituents is 2. The summed E-state index contributed by atoms with van der Waals surface area (Å²) in [5.41, 5.74) is 0.920. The number of methoxy groups -OCH3 is 1. The summed E-state index contributed by atoms with van der Waals surface area (Å²) in [5.74, 6) is -0.967. The molecule has 10 heteroatoms. The first-order valence-electron chi connectivity index (χ1n) is 10.4. The second-order valence-electron chi connectivity index (χ2n) is 8.23. The number of aliphatic hydroxyl groups is 4. The molecule has 0 aliphatic carbocycles. The average molecular weight is 462 g/mol. The van der Waals surface area contributed by atoms with Crippen molar-refractivity contribution in [3.63, 3.8) is 0 Å². The highest BCUT2D eigenvalue weighted by Gasteiger charge is 2.48. The van der Waals surface area contributed by atoms with Crippen molar-refractivity contribution in [1.29, 1.82) is 0 Å². The van der Waals surface area contributed by atoms with Crippen LogP contribution in [-0.4, -0.2) is 80.7 Å². The number of ketones is 1. The lowest BCUT2D eigenvalue weighted by atomic mass is 9.84. The third-order valence-corrected chi connectivity index (χ3v) is 6.18. The maximum atomic E-state index is 13.3. The van der Waals surface area contributed by atoms with Gasteiger partial charge in [0.05, 0.1) is 6.61 Å². The van der Waals surface area contributed by atoms with Crippen LogP contribution in [0.3, 0.4) is 0 Å². The van der Waals surface area contributed by atoms with E-state index in [9.17, 15) is 35.4 Å². The van der Waals surface area contributed by atoms with Crippen molar-refractivity contribution in [2.24, 2.45) is 0 Å².